The number of nitrogens with two attached hydrogens (primary N) is 1. The van der Waals surface area contributed by atoms with Gasteiger partial charge in [0.25, 0.3) is 0 Å². The Morgan fingerprint density at radius 3 is 2.59 bits per heavy atom. The highest BCUT2D eigenvalue weighted by molar-refractivity contribution is 6.31. The maximum Gasteiger partial charge on any atom is 0.331 e. The van der Waals surface area contributed by atoms with Gasteiger partial charge >= 0.3 is 6.03 Å². The van der Waals surface area contributed by atoms with Crippen molar-refractivity contribution < 1.29 is 9.90 Å². The van der Waals surface area contributed by atoms with Crippen LogP contribution in [0.1, 0.15) is 0 Å². The summed E-state index contributed by atoms with van der Waals surface area (Å²) in [5.74, 6) is 5.19. The van der Waals surface area contributed by atoms with Gasteiger partial charge in [0.2, 0.25) is 5.88 Å². The molecule has 22 heavy (non-hydrogen) atoms. The lowest BCUT2D eigenvalue weighted by Gasteiger charge is -2.32. The minimum Gasteiger partial charge on any atom is -0.492 e. The summed E-state index contributed by atoms with van der Waals surface area (Å²) < 4.78 is 1.06. The van der Waals surface area contributed by atoms with Gasteiger partial charge in [-0.2, -0.15) is 0 Å². The SMILES string of the molecule is NN1CCN(C(=O)n2c(O)c(N=O)c3ccc(Cl)cc32)CC1. The third kappa shape index (κ3) is 2.31. The van der Waals surface area contributed by atoms with Crippen LogP contribution in [0.3, 0.4) is 0 Å². The number of carbonyl (C=O) groups excluding carboxylic acids is 1. The summed E-state index contributed by atoms with van der Waals surface area (Å²) in [5, 5.41) is 15.4. The number of benzene rings is 1. The fraction of sp³-hybridized carbons (Fsp3) is 0.308. The molecule has 1 aromatic carbocycles. The van der Waals surface area contributed by atoms with Gasteiger partial charge in [0.15, 0.2) is 5.69 Å². The zero-order valence-electron chi connectivity index (χ0n) is 11.6. The Labute approximate surface area is 130 Å². The number of rotatable bonds is 1. The summed E-state index contributed by atoms with van der Waals surface area (Å²) in [6.07, 6.45) is 0. The Hall–Kier alpha value is -2.16. The van der Waals surface area contributed by atoms with Crippen molar-refractivity contribution in [3.63, 3.8) is 0 Å². The van der Waals surface area contributed by atoms with E-state index in [4.69, 9.17) is 17.4 Å². The molecule has 1 aliphatic rings. The van der Waals surface area contributed by atoms with Crippen LogP contribution >= 0.6 is 11.6 Å². The summed E-state index contributed by atoms with van der Waals surface area (Å²) in [5.41, 5.74) is 0.178. The number of fused-ring (bicyclic) bond motifs is 1. The zero-order valence-corrected chi connectivity index (χ0v) is 12.3. The lowest BCUT2D eigenvalue weighted by molar-refractivity contribution is 0.141. The van der Waals surface area contributed by atoms with Crippen LogP contribution in [0.5, 0.6) is 5.88 Å². The van der Waals surface area contributed by atoms with Crippen molar-refractivity contribution in [2.24, 2.45) is 11.0 Å². The largest absolute Gasteiger partial charge is 0.492 e. The molecule has 1 saturated heterocycles. The van der Waals surface area contributed by atoms with Crippen molar-refractivity contribution in [2.75, 3.05) is 26.2 Å². The van der Waals surface area contributed by atoms with E-state index < -0.39 is 11.9 Å². The van der Waals surface area contributed by atoms with Crippen LogP contribution in [0.2, 0.25) is 5.02 Å². The van der Waals surface area contributed by atoms with E-state index in [0.29, 0.717) is 42.1 Å². The summed E-state index contributed by atoms with van der Waals surface area (Å²) >= 11 is 5.95. The molecule has 1 amide bonds. The number of aromatic hydroxyl groups is 1. The highest BCUT2D eigenvalue weighted by atomic mass is 35.5. The first-order valence-electron chi connectivity index (χ1n) is 6.68. The minimum atomic E-state index is -0.479. The molecule has 2 heterocycles. The molecule has 116 valence electrons. The van der Waals surface area contributed by atoms with Crippen LogP contribution in [0.15, 0.2) is 23.4 Å². The normalized spacial score (nSPS) is 16.2. The van der Waals surface area contributed by atoms with Crippen molar-refractivity contribution in [3.8, 4) is 5.88 Å². The molecule has 0 unspecified atom stereocenters. The predicted molar refractivity (Wildman–Crippen MR) is 82.2 cm³/mol. The quantitative estimate of drug-likeness (QED) is 0.615. The second-order valence-electron chi connectivity index (χ2n) is 5.07. The Bertz CT molecular complexity index is 752. The molecular weight excluding hydrogens is 310 g/mol. The van der Waals surface area contributed by atoms with E-state index in [2.05, 4.69) is 5.18 Å². The molecule has 0 atom stereocenters. The number of hydrogen-bond acceptors (Lipinski definition) is 6. The van der Waals surface area contributed by atoms with E-state index in [1.54, 1.807) is 22.0 Å². The lowest BCUT2D eigenvalue weighted by atomic mass is 10.2. The van der Waals surface area contributed by atoms with Crippen LogP contribution in [0.4, 0.5) is 10.5 Å². The molecule has 0 spiro atoms. The average molecular weight is 324 g/mol. The maximum atomic E-state index is 12.7. The second kappa shape index (κ2) is 5.56. The molecule has 3 N–H and O–H groups in total. The molecule has 0 aliphatic carbocycles. The fourth-order valence-corrected chi connectivity index (χ4v) is 2.74. The Balaban J connectivity index is 2.09. The van der Waals surface area contributed by atoms with Gasteiger partial charge in [-0.25, -0.2) is 14.4 Å². The molecular formula is C13H14ClN5O3. The van der Waals surface area contributed by atoms with Crippen molar-refractivity contribution in [1.29, 1.82) is 0 Å². The van der Waals surface area contributed by atoms with Gasteiger partial charge in [0.1, 0.15) is 0 Å². The van der Waals surface area contributed by atoms with Gasteiger partial charge < -0.3 is 10.0 Å². The number of halogens is 1. The lowest BCUT2D eigenvalue weighted by Crippen LogP contribution is -2.52. The van der Waals surface area contributed by atoms with Crippen LogP contribution in [-0.4, -0.2) is 51.8 Å². The van der Waals surface area contributed by atoms with Gasteiger partial charge in [-0.1, -0.05) is 11.6 Å². The number of hydrazine groups is 1. The molecule has 0 bridgehead atoms. The molecule has 1 aliphatic heterocycles. The Morgan fingerprint density at radius 1 is 1.27 bits per heavy atom. The molecule has 1 fully saturated rings. The van der Waals surface area contributed by atoms with Crippen molar-refractivity contribution >= 4 is 34.2 Å². The second-order valence-corrected chi connectivity index (χ2v) is 5.50. The van der Waals surface area contributed by atoms with Gasteiger partial charge in [-0.15, -0.1) is 4.91 Å². The number of nitroso groups, excluding NO2 is 1. The number of amides is 1. The first-order chi connectivity index (χ1) is 10.5. The third-order valence-electron chi connectivity index (χ3n) is 3.75. The molecule has 2 aromatic rings. The van der Waals surface area contributed by atoms with Crippen LogP contribution in [0, 0.1) is 4.91 Å². The summed E-state index contributed by atoms with van der Waals surface area (Å²) in [6.45, 7) is 1.92. The summed E-state index contributed by atoms with van der Waals surface area (Å²) in [7, 11) is 0. The Morgan fingerprint density at radius 2 is 1.95 bits per heavy atom. The number of nitrogens with zero attached hydrogens (tertiary/aromatic N) is 4. The van der Waals surface area contributed by atoms with E-state index in [1.165, 1.54) is 6.07 Å². The molecule has 8 nitrogen and oxygen atoms in total. The number of hydrogen-bond donors (Lipinski definition) is 2. The van der Waals surface area contributed by atoms with Crippen LogP contribution in [0.25, 0.3) is 10.9 Å². The molecule has 0 saturated carbocycles. The highest BCUT2D eigenvalue weighted by Crippen LogP contribution is 2.39. The van der Waals surface area contributed by atoms with Crippen LogP contribution < -0.4 is 5.84 Å². The van der Waals surface area contributed by atoms with E-state index in [-0.39, 0.29) is 5.69 Å². The molecule has 1 aromatic heterocycles. The topological polar surface area (TPSA) is 104 Å². The highest BCUT2D eigenvalue weighted by Gasteiger charge is 2.27. The van der Waals surface area contributed by atoms with E-state index in [1.807, 2.05) is 0 Å². The van der Waals surface area contributed by atoms with E-state index in [0.717, 1.165) is 4.57 Å². The zero-order chi connectivity index (χ0) is 15.9. The number of carbonyl (C=O) groups is 1. The van der Waals surface area contributed by atoms with Gasteiger partial charge in [0.05, 0.1) is 5.52 Å². The first-order valence-corrected chi connectivity index (χ1v) is 7.06. The third-order valence-corrected chi connectivity index (χ3v) is 3.98. The maximum absolute atomic E-state index is 12.7. The van der Waals surface area contributed by atoms with Crippen molar-refractivity contribution in [2.45, 2.75) is 0 Å². The monoisotopic (exact) mass is 323 g/mol. The van der Waals surface area contributed by atoms with Crippen molar-refractivity contribution in [3.05, 3.63) is 28.1 Å². The smallest absolute Gasteiger partial charge is 0.331 e. The average Bonchev–Trinajstić information content (AvgIpc) is 2.78. The molecule has 0 radical (unpaired) electrons. The van der Waals surface area contributed by atoms with E-state index >= 15 is 0 Å². The molecule has 9 heteroatoms. The standard InChI is InChI=1S/C13H14ClN5O3/c14-8-1-2-9-10(7-8)19(12(20)11(9)16-22)13(21)17-3-5-18(15)6-4-17/h1-2,7,20H,3-6,15H2. The van der Waals surface area contributed by atoms with Gasteiger partial charge in [0, 0.05) is 36.6 Å². The predicted octanol–water partition coefficient (Wildman–Crippen LogP) is 1.86. The number of piperazine rings is 1. The van der Waals surface area contributed by atoms with E-state index in [9.17, 15) is 14.8 Å². The fourth-order valence-electron chi connectivity index (χ4n) is 2.57. The van der Waals surface area contributed by atoms with Gasteiger partial charge in [-0.05, 0) is 23.4 Å². The first kappa shape index (κ1) is 14.8. The van der Waals surface area contributed by atoms with Crippen LogP contribution in [-0.2, 0) is 0 Å². The molecule has 3 rings (SSSR count). The summed E-state index contributed by atoms with van der Waals surface area (Å²) in [4.78, 5) is 25.2. The van der Waals surface area contributed by atoms with Crippen molar-refractivity contribution in [1.82, 2.24) is 14.5 Å². The number of aromatic nitrogens is 1. The summed E-state index contributed by atoms with van der Waals surface area (Å²) in [6, 6.07) is 4.20. The Kier molecular flexibility index (Phi) is 3.73. The van der Waals surface area contributed by atoms with Gasteiger partial charge in [-0.3, -0.25) is 5.84 Å². The minimum absolute atomic E-state index is 0.169.